The number of rotatable bonds is 1. The number of nitrogen functional groups attached to an aromatic ring is 1. The minimum Gasteiger partial charge on any atom is -0.491 e. The summed E-state index contributed by atoms with van der Waals surface area (Å²) in [5, 5.41) is 0. The van der Waals surface area contributed by atoms with Crippen molar-refractivity contribution in [2.24, 2.45) is 0 Å². The average molecular weight is 193 g/mol. The van der Waals surface area contributed by atoms with Crippen LogP contribution in [-0.4, -0.2) is 17.1 Å². The first kappa shape index (κ1) is 9.56. The van der Waals surface area contributed by atoms with E-state index in [1.807, 2.05) is 0 Å². The summed E-state index contributed by atoms with van der Waals surface area (Å²) < 4.78 is 40.5. The molecule has 72 valence electrons. The molecule has 0 aromatic carbocycles. The molecule has 0 unspecified atom stereocenters. The van der Waals surface area contributed by atoms with Crippen LogP contribution in [0.1, 0.15) is 5.82 Å². The molecule has 1 rings (SSSR count). The van der Waals surface area contributed by atoms with Crippen molar-refractivity contribution in [3.63, 3.8) is 0 Å². The second-order valence-electron chi connectivity index (χ2n) is 2.14. The molecule has 0 aliphatic rings. The summed E-state index contributed by atoms with van der Waals surface area (Å²) in [5.74, 6) is -1.58. The number of nitrogens with zero attached hydrogens (tertiary/aromatic N) is 2. The van der Waals surface area contributed by atoms with Crippen molar-refractivity contribution in [3.05, 3.63) is 12.0 Å². The Bertz CT molecular complexity index is 312. The molecular weight excluding hydrogens is 187 g/mol. The molecule has 7 heteroatoms. The second kappa shape index (κ2) is 3.08. The van der Waals surface area contributed by atoms with E-state index in [0.717, 1.165) is 6.20 Å². The van der Waals surface area contributed by atoms with Crippen LogP contribution in [0.5, 0.6) is 5.75 Å². The summed E-state index contributed by atoms with van der Waals surface area (Å²) in [6, 6.07) is 0. The van der Waals surface area contributed by atoms with Crippen LogP contribution in [0.2, 0.25) is 0 Å². The third-order valence-corrected chi connectivity index (χ3v) is 1.26. The molecule has 0 saturated carbocycles. The molecule has 1 aromatic heterocycles. The predicted molar refractivity (Wildman–Crippen MR) is 38.0 cm³/mol. The molecule has 1 heterocycles. The number of methoxy groups -OCH3 is 1. The van der Waals surface area contributed by atoms with Crippen LogP contribution < -0.4 is 10.5 Å². The van der Waals surface area contributed by atoms with Gasteiger partial charge in [0, 0.05) is 0 Å². The van der Waals surface area contributed by atoms with Gasteiger partial charge >= 0.3 is 6.18 Å². The van der Waals surface area contributed by atoms with Crippen LogP contribution in [0.15, 0.2) is 6.20 Å². The molecule has 0 bridgehead atoms. The van der Waals surface area contributed by atoms with Gasteiger partial charge in [-0.05, 0) is 0 Å². The predicted octanol–water partition coefficient (Wildman–Crippen LogP) is 1.09. The van der Waals surface area contributed by atoms with Gasteiger partial charge in [-0.15, -0.1) is 0 Å². The van der Waals surface area contributed by atoms with Gasteiger partial charge in [-0.1, -0.05) is 0 Å². The summed E-state index contributed by atoms with van der Waals surface area (Å²) in [5.41, 5.74) is 5.15. The van der Waals surface area contributed by atoms with Gasteiger partial charge in [0.2, 0.25) is 5.82 Å². The number of alkyl halides is 3. The summed E-state index contributed by atoms with van der Waals surface area (Å²) in [4.78, 5) is 6.07. The van der Waals surface area contributed by atoms with Gasteiger partial charge in [-0.25, -0.2) is 9.97 Å². The molecule has 0 amide bonds. The average Bonchev–Trinajstić information content (AvgIpc) is 2.02. The van der Waals surface area contributed by atoms with E-state index in [1.54, 1.807) is 0 Å². The highest BCUT2D eigenvalue weighted by Gasteiger charge is 2.35. The van der Waals surface area contributed by atoms with E-state index in [-0.39, 0.29) is 11.6 Å². The maximum Gasteiger partial charge on any atom is 0.451 e. The fourth-order valence-corrected chi connectivity index (χ4v) is 0.678. The van der Waals surface area contributed by atoms with E-state index in [4.69, 9.17) is 5.73 Å². The minimum absolute atomic E-state index is 0.0213. The van der Waals surface area contributed by atoms with Gasteiger partial charge in [0.05, 0.1) is 13.3 Å². The number of hydrogen-bond acceptors (Lipinski definition) is 4. The van der Waals surface area contributed by atoms with E-state index in [0.29, 0.717) is 0 Å². The van der Waals surface area contributed by atoms with Crippen molar-refractivity contribution in [2.75, 3.05) is 12.8 Å². The Morgan fingerprint density at radius 1 is 1.46 bits per heavy atom. The third kappa shape index (κ3) is 1.98. The van der Waals surface area contributed by atoms with E-state index >= 15 is 0 Å². The summed E-state index contributed by atoms with van der Waals surface area (Å²) in [7, 11) is 1.27. The smallest absolute Gasteiger partial charge is 0.451 e. The van der Waals surface area contributed by atoms with Crippen LogP contribution >= 0.6 is 0 Å². The first-order valence-corrected chi connectivity index (χ1v) is 3.19. The van der Waals surface area contributed by atoms with Gasteiger partial charge in [0.1, 0.15) is 0 Å². The van der Waals surface area contributed by atoms with Gasteiger partial charge in [0.25, 0.3) is 0 Å². The molecule has 0 fully saturated rings. The summed E-state index contributed by atoms with van der Waals surface area (Å²) in [6.07, 6.45) is -3.70. The molecule has 1 aromatic rings. The highest BCUT2D eigenvalue weighted by atomic mass is 19.4. The topological polar surface area (TPSA) is 61.0 Å². The van der Waals surface area contributed by atoms with Gasteiger partial charge in [-0.2, -0.15) is 13.2 Å². The van der Waals surface area contributed by atoms with Crippen molar-refractivity contribution in [1.82, 2.24) is 9.97 Å². The monoisotopic (exact) mass is 193 g/mol. The van der Waals surface area contributed by atoms with Crippen LogP contribution in [0.3, 0.4) is 0 Å². The molecule has 0 saturated heterocycles. The van der Waals surface area contributed by atoms with Gasteiger partial charge in [-0.3, -0.25) is 0 Å². The molecule has 0 spiro atoms. The Morgan fingerprint density at radius 2 is 2.08 bits per heavy atom. The van der Waals surface area contributed by atoms with Crippen molar-refractivity contribution in [2.45, 2.75) is 6.18 Å². The number of nitrogens with two attached hydrogens (primary N) is 1. The van der Waals surface area contributed by atoms with Crippen LogP contribution in [0.25, 0.3) is 0 Å². The molecule has 0 radical (unpaired) electrons. The molecule has 0 aliphatic carbocycles. The standard InChI is InChI=1S/C6H6F3N3O/c1-13-3-2-11-5(6(7,8)9)12-4(3)10/h2H,1H3,(H2,10,11,12). The molecule has 0 aliphatic heterocycles. The minimum atomic E-state index is -4.58. The Hall–Kier alpha value is -1.53. The zero-order chi connectivity index (χ0) is 10.1. The lowest BCUT2D eigenvalue weighted by molar-refractivity contribution is -0.144. The molecule has 4 nitrogen and oxygen atoms in total. The van der Waals surface area contributed by atoms with Crippen molar-refractivity contribution in [1.29, 1.82) is 0 Å². The Kier molecular flexibility index (Phi) is 2.26. The van der Waals surface area contributed by atoms with Crippen molar-refractivity contribution >= 4 is 5.82 Å². The second-order valence-corrected chi connectivity index (χ2v) is 2.14. The van der Waals surface area contributed by atoms with E-state index in [9.17, 15) is 13.2 Å². The van der Waals surface area contributed by atoms with Gasteiger partial charge in [0.15, 0.2) is 11.6 Å². The highest BCUT2D eigenvalue weighted by molar-refractivity contribution is 5.43. The Balaban J connectivity index is 3.10. The largest absolute Gasteiger partial charge is 0.491 e. The lowest BCUT2D eigenvalue weighted by Crippen LogP contribution is -2.12. The van der Waals surface area contributed by atoms with E-state index in [2.05, 4.69) is 14.7 Å². The van der Waals surface area contributed by atoms with E-state index in [1.165, 1.54) is 7.11 Å². The van der Waals surface area contributed by atoms with E-state index < -0.39 is 12.0 Å². The Labute approximate surface area is 71.6 Å². The lowest BCUT2D eigenvalue weighted by Gasteiger charge is -2.06. The number of ether oxygens (including phenoxy) is 1. The fraction of sp³-hybridized carbons (Fsp3) is 0.333. The quantitative estimate of drug-likeness (QED) is 0.725. The van der Waals surface area contributed by atoms with Crippen LogP contribution in [-0.2, 0) is 6.18 Å². The zero-order valence-corrected chi connectivity index (χ0v) is 6.59. The third-order valence-electron chi connectivity index (χ3n) is 1.26. The highest BCUT2D eigenvalue weighted by Crippen LogP contribution is 2.28. The lowest BCUT2D eigenvalue weighted by atomic mass is 10.5. The van der Waals surface area contributed by atoms with Crippen molar-refractivity contribution in [3.8, 4) is 5.75 Å². The number of halogens is 3. The summed E-state index contributed by atoms with van der Waals surface area (Å²) in [6.45, 7) is 0. The SMILES string of the molecule is COc1cnc(C(F)(F)F)nc1N. The molecule has 0 atom stereocenters. The number of anilines is 1. The van der Waals surface area contributed by atoms with Crippen LogP contribution in [0.4, 0.5) is 19.0 Å². The molecule has 13 heavy (non-hydrogen) atoms. The maximum absolute atomic E-state index is 12.0. The fourth-order valence-electron chi connectivity index (χ4n) is 0.678. The summed E-state index contributed by atoms with van der Waals surface area (Å²) >= 11 is 0. The number of hydrogen-bond donors (Lipinski definition) is 1. The van der Waals surface area contributed by atoms with Crippen LogP contribution in [0, 0.1) is 0 Å². The number of aromatic nitrogens is 2. The zero-order valence-electron chi connectivity index (χ0n) is 6.59. The molecular formula is C6H6F3N3O. The van der Waals surface area contributed by atoms with Gasteiger partial charge < -0.3 is 10.5 Å². The normalized spacial score (nSPS) is 11.4. The Morgan fingerprint density at radius 3 is 2.46 bits per heavy atom. The first-order valence-electron chi connectivity index (χ1n) is 3.19. The van der Waals surface area contributed by atoms with Crippen molar-refractivity contribution < 1.29 is 17.9 Å². The maximum atomic E-state index is 12.0. The first-order chi connectivity index (χ1) is 5.95. The molecule has 2 N–H and O–H groups in total.